The molecular formula is C23H21N3O7. The number of hydrogen-bond acceptors (Lipinski definition) is 8. The Hall–Kier alpha value is -3.92. The van der Waals surface area contributed by atoms with Crippen LogP contribution in [0, 0.1) is 10.1 Å². The summed E-state index contributed by atoms with van der Waals surface area (Å²) in [6, 6.07) is 10.7. The number of piperidine rings is 1. The maximum Gasteiger partial charge on any atom is 0.287 e. The molecule has 33 heavy (non-hydrogen) atoms. The minimum atomic E-state index is -0.580. The third-order valence-electron chi connectivity index (χ3n) is 5.91. The molecule has 2 aliphatic rings. The van der Waals surface area contributed by atoms with Crippen LogP contribution in [0.2, 0.25) is 0 Å². The largest absolute Gasteiger partial charge is 0.454 e. The fourth-order valence-corrected chi connectivity index (χ4v) is 4.16. The molecule has 0 saturated carbocycles. The number of nitrogens with one attached hydrogen (secondary N) is 1. The van der Waals surface area contributed by atoms with Crippen molar-refractivity contribution in [3.63, 3.8) is 0 Å². The Labute approximate surface area is 187 Å². The molecule has 2 aliphatic heterocycles. The van der Waals surface area contributed by atoms with Crippen LogP contribution < -0.4 is 20.2 Å². The summed E-state index contributed by atoms with van der Waals surface area (Å²) in [5.74, 6) is 0.859. The number of amides is 1. The number of carbonyl (C=O) groups is 1. The standard InChI is InChI=1S/C23H21N3O7/c27-18-11-22(33-20-10-16(26(29)30)2-3-17(18)20)23(28)24-15-5-7-25(8-6-15)12-14-1-4-19-21(9-14)32-13-31-19/h1-4,9-11,15H,5-8,12-13H2,(H,24,28). The van der Waals surface area contributed by atoms with Gasteiger partial charge in [0.2, 0.25) is 6.79 Å². The number of carbonyl (C=O) groups excluding carboxylic acids is 1. The van der Waals surface area contributed by atoms with Crippen LogP contribution in [0.4, 0.5) is 5.69 Å². The smallest absolute Gasteiger partial charge is 0.287 e. The molecule has 10 heteroatoms. The number of nitro groups is 1. The van der Waals surface area contributed by atoms with E-state index in [1.54, 1.807) is 0 Å². The second-order valence-corrected chi connectivity index (χ2v) is 8.12. The van der Waals surface area contributed by atoms with Crippen molar-refractivity contribution >= 4 is 22.6 Å². The molecule has 0 spiro atoms. The second kappa shape index (κ2) is 8.55. The highest BCUT2D eigenvalue weighted by molar-refractivity contribution is 5.93. The van der Waals surface area contributed by atoms with Crippen molar-refractivity contribution in [3.05, 3.63) is 74.1 Å². The van der Waals surface area contributed by atoms with Crippen LogP contribution in [0.5, 0.6) is 11.5 Å². The number of nitro benzene ring substituents is 1. The van der Waals surface area contributed by atoms with Gasteiger partial charge in [-0.05, 0) is 36.6 Å². The summed E-state index contributed by atoms with van der Waals surface area (Å²) in [7, 11) is 0. The van der Waals surface area contributed by atoms with Gasteiger partial charge in [-0.25, -0.2) is 0 Å². The van der Waals surface area contributed by atoms with Crippen LogP contribution in [-0.2, 0) is 6.54 Å². The number of non-ortho nitro benzene ring substituents is 1. The van der Waals surface area contributed by atoms with Gasteiger partial charge >= 0.3 is 0 Å². The number of fused-ring (bicyclic) bond motifs is 2. The van der Waals surface area contributed by atoms with Crippen LogP contribution >= 0.6 is 0 Å². The summed E-state index contributed by atoms with van der Waals surface area (Å²) in [4.78, 5) is 37.7. The van der Waals surface area contributed by atoms with Gasteiger partial charge in [-0.2, -0.15) is 0 Å². The maximum absolute atomic E-state index is 12.7. The van der Waals surface area contributed by atoms with E-state index in [1.807, 2.05) is 18.2 Å². The van der Waals surface area contributed by atoms with Crippen LogP contribution in [0.25, 0.3) is 11.0 Å². The second-order valence-electron chi connectivity index (χ2n) is 8.12. The van der Waals surface area contributed by atoms with Gasteiger partial charge in [0.25, 0.3) is 11.6 Å². The van der Waals surface area contributed by atoms with E-state index < -0.39 is 16.3 Å². The van der Waals surface area contributed by atoms with Crippen LogP contribution in [0.15, 0.2) is 51.7 Å². The Morgan fingerprint density at radius 2 is 1.88 bits per heavy atom. The lowest BCUT2D eigenvalue weighted by molar-refractivity contribution is -0.384. The Morgan fingerprint density at radius 3 is 2.67 bits per heavy atom. The third kappa shape index (κ3) is 4.37. The molecule has 3 heterocycles. The molecule has 10 nitrogen and oxygen atoms in total. The highest BCUT2D eigenvalue weighted by atomic mass is 16.7. The molecule has 1 N–H and O–H groups in total. The van der Waals surface area contributed by atoms with Crippen molar-refractivity contribution in [1.29, 1.82) is 0 Å². The van der Waals surface area contributed by atoms with Gasteiger partial charge in [-0.15, -0.1) is 0 Å². The Morgan fingerprint density at radius 1 is 1.09 bits per heavy atom. The van der Waals surface area contributed by atoms with E-state index in [0.717, 1.165) is 61.7 Å². The van der Waals surface area contributed by atoms with E-state index in [9.17, 15) is 19.7 Å². The molecule has 0 radical (unpaired) electrons. The molecule has 1 aromatic heterocycles. The van der Waals surface area contributed by atoms with E-state index in [-0.39, 0.29) is 35.3 Å². The molecule has 1 amide bonds. The van der Waals surface area contributed by atoms with Gasteiger partial charge in [0.05, 0.1) is 16.4 Å². The molecule has 5 rings (SSSR count). The van der Waals surface area contributed by atoms with Crippen molar-refractivity contribution in [2.45, 2.75) is 25.4 Å². The molecule has 0 unspecified atom stereocenters. The summed E-state index contributed by atoms with van der Waals surface area (Å²) < 4.78 is 16.3. The molecular weight excluding hydrogens is 430 g/mol. The van der Waals surface area contributed by atoms with E-state index in [1.165, 1.54) is 12.1 Å². The summed E-state index contributed by atoms with van der Waals surface area (Å²) >= 11 is 0. The summed E-state index contributed by atoms with van der Waals surface area (Å²) in [6.07, 6.45) is 1.50. The first-order valence-electron chi connectivity index (χ1n) is 10.6. The number of nitrogens with zero attached hydrogens (tertiary/aromatic N) is 2. The zero-order chi connectivity index (χ0) is 22.9. The van der Waals surface area contributed by atoms with E-state index in [2.05, 4.69) is 10.2 Å². The Kier molecular flexibility index (Phi) is 5.43. The van der Waals surface area contributed by atoms with Crippen LogP contribution in [-0.4, -0.2) is 41.7 Å². The van der Waals surface area contributed by atoms with Gasteiger partial charge in [0, 0.05) is 37.8 Å². The monoisotopic (exact) mass is 451 g/mol. The van der Waals surface area contributed by atoms with Gasteiger partial charge in [-0.3, -0.25) is 24.6 Å². The van der Waals surface area contributed by atoms with E-state index in [0.29, 0.717) is 0 Å². The van der Waals surface area contributed by atoms with E-state index in [4.69, 9.17) is 13.9 Å². The first-order valence-corrected chi connectivity index (χ1v) is 10.6. The average molecular weight is 451 g/mol. The highest BCUT2D eigenvalue weighted by Crippen LogP contribution is 2.33. The van der Waals surface area contributed by atoms with E-state index >= 15 is 0 Å². The fraction of sp³-hybridized carbons (Fsp3) is 0.304. The number of rotatable bonds is 5. The predicted molar refractivity (Wildman–Crippen MR) is 117 cm³/mol. The lowest BCUT2D eigenvalue weighted by Crippen LogP contribution is -2.44. The molecule has 0 atom stereocenters. The predicted octanol–water partition coefficient (Wildman–Crippen LogP) is 2.82. The molecule has 3 aromatic rings. The first kappa shape index (κ1) is 21.0. The molecule has 170 valence electrons. The average Bonchev–Trinajstić information content (AvgIpc) is 3.28. The fourth-order valence-electron chi connectivity index (χ4n) is 4.16. The minimum Gasteiger partial charge on any atom is -0.454 e. The van der Waals surface area contributed by atoms with Crippen molar-refractivity contribution in [2.24, 2.45) is 0 Å². The number of benzene rings is 2. The number of ether oxygens (including phenoxy) is 2. The zero-order valence-corrected chi connectivity index (χ0v) is 17.6. The van der Waals surface area contributed by atoms with Crippen LogP contribution in [0.1, 0.15) is 29.0 Å². The quantitative estimate of drug-likeness (QED) is 0.464. The van der Waals surface area contributed by atoms with Crippen molar-refractivity contribution in [1.82, 2.24) is 10.2 Å². The SMILES string of the molecule is O=C(NC1CCN(Cc2ccc3c(c2)OCO3)CC1)c1cc(=O)c2ccc([N+](=O)[O-])cc2o1. The molecule has 2 aromatic carbocycles. The summed E-state index contributed by atoms with van der Waals surface area (Å²) in [5.41, 5.74) is 0.516. The van der Waals surface area contributed by atoms with Gasteiger partial charge < -0.3 is 19.2 Å². The zero-order valence-electron chi connectivity index (χ0n) is 17.6. The summed E-state index contributed by atoms with van der Waals surface area (Å²) in [6.45, 7) is 2.62. The maximum atomic E-state index is 12.7. The third-order valence-corrected chi connectivity index (χ3v) is 5.91. The molecule has 0 aliphatic carbocycles. The Bertz CT molecular complexity index is 1290. The molecule has 0 bridgehead atoms. The van der Waals surface area contributed by atoms with Crippen molar-refractivity contribution in [2.75, 3.05) is 19.9 Å². The van der Waals surface area contributed by atoms with Crippen LogP contribution in [0.3, 0.4) is 0 Å². The minimum absolute atomic E-state index is 0.0143. The van der Waals surface area contributed by atoms with Gasteiger partial charge in [0.15, 0.2) is 22.7 Å². The normalized spacial score (nSPS) is 16.1. The number of likely N-dealkylation sites (tertiary alicyclic amines) is 1. The van der Waals surface area contributed by atoms with Gasteiger partial charge in [0.1, 0.15) is 5.58 Å². The first-order chi connectivity index (χ1) is 16.0. The lowest BCUT2D eigenvalue weighted by atomic mass is 10.0. The van der Waals surface area contributed by atoms with Gasteiger partial charge in [-0.1, -0.05) is 6.07 Å². The topological polar surface area (TPSA) is 124 Å². The Balaban J connectivity index is 1.21. The molecule has 1 fully saturated rings. The summed E-state index contributed by atoms with van der Waals surface area (Å²) in [5, 5.41) is 14.1. The van der Waals surface area contributed by atoms with Crippen molar-refractivity contribution < 1.29 is 23.6 Å². The lowest BCUT2D eigenvalue weighted by Gasteiger charge is -2.32. The molecule has 1 saturated heterocycles. The van der Waals surface area contributed by atoms with Crippen molar-refractivity contribution in [3.8, 4) is 11.5 Å². The number of hydrogen-bond donors (Lipinski definition) is 1. The highest BCUT2D eigenvalue weighted by Gasteiger charge is 2.23.